The fourth-order valence-corrected chi connectivity index (χ4v) is 2.99. The molecule has 0 unspecified atom stereocenters. The minimum absolute atomic E-state index is 0.176. The third-order valence-corrected chi connectivity index (χ3v) is 4.33. The highest BCUT2D eigenvalue weighted by molar-refractivity contribution is 6.24. The van der Waals surface area contributed by atoms with Crippen molar-refractivity contribution in [2.75, 3.05) is 19.8 Å². The predicted molar refractivity (Wildman–Crippen MR) is 107 cm³/mol. The first kappa shape index (κ1) is 23.5. The molecule has 0 aliphatic heterocycles. The molecule has 10 heteroatoms. The van der Waals surface area contributed by atoms with Crippen LogP contribution >= 0.6 is 0 Å². The molecule has 10 nitrogen and oxygen atoms in total. The number of esters is 3. The minimum atomic E-state index is -2.80. The van der Waals surface area contributed by atoms with E-state index in [1.54, 1.807) is 18.2 Å². The highest BCUT2D eigenvalue weighted by Gasteiger charge is 2.61. The quantitative estimate of drug-likeness (QED) is 0.184. The van der Waals surface area contributed by atoms with Gasteiger partial charge in [0, 0.05) is 5.56 Å². The van der Waals surface area contributed by atoms with Gasteiger partial charge in [-0.15, -0.1) is 4.91 Å². The fourth-order valence-electron chi connectivity index (χ4n) is 2.99. The van der Waals surface area contributed by atoms with Crippen molar-refractivity contribution in [1.82, 2.24) is 4.68 Å². The van der Waals surface area contributed by atoms with Crippen LogP contribution in [-0.4, -0.2) is 48.2 Å². The Labute approximate surface area is 178 Å². The average Bonchev–Trinajstić information content (AvgIpc) is 3.19. The maximum atomic E-state index is 12.9. The highest BCUT2D eigenvalue weighted by Crippen LogP contribution is 2.32. The number of aromatic nitrogens is 1. The maximum absolute atomic E-state index is 12.9. The molecule has 0 spiro atoms. The number of benzene rings is 1. The van der Waals surface area contributed by atoms with Crippen molar-refractivity contribution in [2.45, 2.75) is 26.2 Å². The number of hydrogen-bond acceptors (Lipinski definition) is 9. The molecule has 0 fully saturated rings. The molecule has 0 aliphatic rings. The SMILES string of the molecule is CCOC(=O)C(C(=O)OCC)(C(=O)OCC)c1ccc(C(=O)c2ccccc2)n1N=O. The lowest BCUT2D eigenvalue weighted by molar-refractivity contribution is -0.176. The normalized spacial score (nSPS) is 10.8. The van der Waals surface area contributed by atoms with E-state index in [4.69, 9.17) is 14.2 Å². The standard InChI is InChI=1S/C21H22N2O8/c1-4-29-18(25)21(19(26)30-5-2,20(27)31-6-3)16-13-12-15(23(16)22-28)17(24)14-10-8-7-9-11-14/h7-13H,4-6H2,1-3H3. The second kappa shape index (κ2) is 10.3. The summed E-state index contributed by atoms with van der Waals surface area (Å²) < 4.78 is 15.4. The summed E-state index contributed by atoms with van der Waals surface area (Å²) in [7, 11) is 0. The zero-order valence-corrected chi connectivity index (χ0v) is 17.3. The van der Waals surface area contributed by atoms with E-state index in [0.717, 1.165) is 6.07 Å². The molecular weight excluding hydrogens is 408 g/mol. The Morgan fingerprint density at radius 2 is 1.29 bits per heavy atom. The van der Waals surface area contributed by atoms with E-state index in [0.29, 0.717) is 4.68 Å². The van der Waals surface area contributed by atoms with Crippen LogP contribution < -0.4 is 0 Å². The van der Waals surface area contributed by atoms with Gasteiger partial charge in [-0.3, -0.25) is 4.79 Å². The van der Waals surface area contributed by atoms with E-state index in [1.807, 2.05) is 0 Å². The molecular formula is C21H22N2O8. The lowest BCUT2D eigenvalue weighted by atomic mass is 9.84. The van der Waals surface area contributed by atoms with Crippen molar-refractivity contribution < 1.29 is 33.4 Å². The van der Waals surface area contributed by atoms with Crippen molar-refractivity contribution in [3.8, 4) is 0 Å². The molecule has 0 N–H and O–H groups in total. The van der Waals surface area contributed by atoms with E-state index >= 15 is 0 Å². The first-order valence-electron chi connectivity index (χ1n) is 9.57. The smallest absolute Gasteiger partial charge is 0.341 e. The number of ketones is 1. The van der Waals surface area contributed by atoms with Gasteiger partial charge in [-0.05, 0) is 32.9 Å². The zero-order valence-electron chi connectivity index (χ0n) is 17.3. The maximum Gasteiger partial charge on any atom is 0.341 e. The number of nitroso groups, excluding NO2 is 1. The summed E-state index contributed by atoms with van der Waals surface area (Å²) in [6.45, 7) is 3.89. The van der Waals surface area contributed by atoms with Crippen LogP contribution in [0.2, 0.25) is 0 Å². The summed E-state index contributed by atoms with van der Waals surface area (Å²) in [5.74, 6) is -4.55. The van der Waals surface area contributed by atoms with Crippen LogP contribution in [0.3, 0.4) is 0 Å². The lowest BCUT2D eigenvalue weighted by Gasteiger charge is -2.26. The molecule has 31 heavy (non-hydrogen) atoms. The van der Waals surface area contributed by atoms with Crippen LogP contribution in [0.1, 0.15) is 42.5 Å². The summed E-state index contributed by atoms with van der Waals surface area (Å²) in [5, 5.41) is 2.79. The van der Waals surface area contributed by atoms with Gasteiger partial charge in [0.1, 0.15) is 5.69 Å². The van der Waals surface area contributed by atoms with Gasteiger partial charge in [0.25, 0.3) is 0 Å². The van der Waals surface area contributed by atoms with Gasteiger partial charge >= 0.3 is 23.3 Å². The van der Waals surface area contributed by atoms with E-state index < -0.39 is 34.8 Å². The Kier molecular flexibility index (Phi) is 7.78. The van der Waals surface area contributed by atoms with Crippen LogP contribution in [0.15, 0.2) is 47.8 Å². The van der Waals surface area contributed by atoms with Crippen molar-refractivity contribution >= 4 is 23.7 Å². The molecule has 1 aromatic heterocycles. The summed E-state index contributed by atoms with van der Waals surface area (Å²) in [6, 6.07) is 10.2. The molecule has 1 heterocycles. The summed E-state index contributed by atoms with van der Waals surface area (Å²) in [5.41, 5.74) is -3.35. The third kappa shape index (κ3) is 4.23. The molecule has 0 saturated carbocycles. The number of carbonyl (C=O) groups is 4. The van der Waals surface area contributed by atoms with Gasteiger partial charge in [0.2, 0.25) is 5.78 Å². The molecule has 0 atom stereocenters. The first-order valence-corrected chi connectivity index (χ1v) is 9.57. The van der Waals surface area contributed by atoms with E-state index in [-0.39, 0.29) is 31.1 Å². The van der Waals surface area contributed by atoms with Crippen LogP contribution in [0.4, 0.5) is 0 Å². The molecule has 0 aliphatic carbocycles. The van der Waals surface area contributed by atoms with E-state index in [2.05, 4.69) is 5.29 Å². The van der Waals surface area contributed by atoms with Gasteiger partial charge in [0.05, 0.1) is 30.8 Å². The van der Waals surface area contributed by atoms with Gasteiger partial charge in [0.15, 0.2) is 0 Å². The number of carbonyl (C=O) groups excluding carboxylic acids is 4. The second-order valence-corrected chi connectivity index (χ2v) is 6.10. The largest absolute Gasteiger partial charge is 0.464 e. The van der Waals surface area contributed by atoms with E-state index in [9.17, 15) is 24.1 Å². The highest BCUT2D eigenvalue weighted by atomic mass is 16.6. The Morgan fingerprint density at radius 3 is 1.71 bits per heavy atom. The Hall–Kier alpha value is -3.82. The lowest BCUT2D eigenvalue weighted by Crippen LogP contribution is -2.54. The average molecular weight is 430 g/mol. The van der Waals surface area contributed by atoms with Crippen LogP contribution in [0.5, 0.6) is 0 Å². The van der Waals surface area contributed by atoms with Gasteiger partial charge in [-0.25, -0.2) is 14.4 Å². The first-order chi connectivity index (χ1) is 14.9. The predicted octanol–water partition coefficient (Wildman–Crippen LogP) is 2.18. The topological polar surface area (TPSA) is 130 Å². The summed E-state index contributed by atoms with van der Waals surface area (Å²) in [6.07, 6.45) is 0. The number of nitrogens with zero attached hydrogens (tertiary/aromatic N) is 2. The van der Waals surface area contributed by atoms with Crippen molar-refractivity contribution in [3.05, 3.63) is 64.3 Å². The number of hydrogen-bond donors (Lipinski definition) is 0. The van der Waals surface area contributed by atoms with Gasteiger partial charge < -0.3 is 14.2 Å². The second-order valence-electron chi connectivity index (χ2n) is 6.10. The Morgan fingerprint density at radius 1 is 0.806 bits per heavy atom. The third-order valence-electron chi connectivity index (χ3n) is 4.33. The molecule has 2 rings (SSSR count). The zero-order chi connectivity index (χ0) is 23.0. The van der Waals surface area contributed by atoms with E-state index in [1.165, 1.54) is 39.0 Å². The monoisotopic (exact) mass is 430 g/mol. The molecule has 0 saturated heterocycles. The molecule has 164 valence electrons. The molecule has 0 radical (unpaired) electrons. The van der Waals surface area contributed by atoms with Crippen LogP contribution in [0, 0.1) is 4.91 Å². The van der Waals surface area contributed by atoms with Crippen LogP contribution in [-0.2, 0) is 34.0 Å². The van der Waals surface area contributed by atoms with Crippen LogP contribution in [0.25, 0.3) is 0 Å². The van der Waals surface area contributed by atoms with Gasteiger partial charge in [-0.1, -0.05) is 30.3 Å². The fraction of sp³-hybridized carbons (Fsp3) is 0.333. The summed E-state index contributed by atoms with van der Waals surface area (Å²) >= 11 is 0. The molecule has 0 bridgehead atoms. The number of ether oxygens (including phenoxy) is 3. The molecule has 2 aromatic rings. The van der Waals surface area contributed by atoms with Crippen molar-refractivity contribution in [3.63, 3.8) is 0 Å². The number of rotatable bonds is 10. The Bertz CT molecular complexity index is 935. The minimum Gasteiger partial charge on any atom is -0.464 e. The van der Waals surface area contributed by atoms with Crippen molar-refractivity contribution in [2.24, 2.45) is 5.29 Å². The van der Waals surface area contributed by atoms with Gasteiger partial charge in [-0.2, -0.15) is 4.68 Å². The summed E-state index contributed by atoms with van der Waals surface area (Å²) in [4.78, 5) is 63.5. The molecule has 0 amide bonds. The van der Waals surface area contributed by atoms with Crippen molar-refractivity contribution in [1.29, 1.82) is 0 Å². The molecule has 1 aromatic carbocycles. The Balaban J connectivity index is 2.79.